The molecule has 0 radical (unpaired) electrons. The Labute approximate surface area is 82.3 Å². The lowest BCUT2D eigenvalue weighted by Crippen LogP contribution is -2.46. The smallest absolute Gasteiger partial charge is 0.321 e. The fourth-order valence-electron chi connectivity index (χ4n) is 0.781. The SMILES string of the molecule is CCNS(=O)(=O)N[C@@H](CCO)C(=O)O. The fraction of sp³-hybridized carbons (Fsp3) is 0.833. The summed E-state index contributed by atoms with van der Waals surface area (Å²) in [5, 5.41) is 17.1. The first-order valence-electron chi connectivity index (χ1n) is 4.03. The highest BCUT2D eigenvalue weighted by Gasteiger charge is 2.22. The minimum Gasteiger partial charge on any atom is -0.480 e. The largest absolute Gasteiger partial charge is 0.480 e. The Hall–Kier alpha value is -0.700. The van der Waals surface area contributed by atoms with E-state index in [1.807, 2.05) is 4.72 Å². The van der Waals surface area contributed by atoms with Crippen LogP contribution in [0.25, 0.3) is 0 Å². The van der Waals surface area contributed by atoms with Crippen LogP contribution in [0.1, 0.15) is 13.3 Å². The van der Waals surface area contributed by atoms with E-state index in [-0.39, 0.29) is 13.0 Å². The van der Waals surface area contributed by atoms with Crippen molar-refractivity contribution in [3.63, 3.8) is 0 Å². The maximum Gasteiger partial charge on any atom is 0.321 e. The molecular formula is C6H14N2O5S. The average Bonchev–Trinajstić information content (AvgIpc) is 2.02. The lowest BCUT2D eigenvalue weighted by atomic mass is 10.2. The van der Waals surface area contributed by atoms with Crippen LogP contribution in [0.3, 0.4) is 0 Å². The standard InChI is InChI=1S/C6H14N2O5S/c1-2-7-14(12,13)8-5(3-4-9)6(10)11/h5,7-9H,2-4H2,1H3,(H,10,11)/t5-/m0/s1. The van der Waals surface area contributed by atoms with Gasteiger partial charge in [0.05, 0.1) is 0 Å². The van der Waals surface area contributed by atoms with Gasteiger partial charge in [-0.3, -0.25) is 4.79 Å². The van der Waals surface area contributed by atoms with Gasteiger partial charge in [0.1, 0.15) is 6.04 Å². The zero-order chi connectivity index (χ0) is 11.2. The number of nitrogens with one attached hydrogen (secondary N) is 2. The molecule has 0 fully saturated rings. The summed E-state index contributed by atoms with van der Waals surface area (Å²) in [5.41, 5.74) is 0. The van der Waals surface area contributed by atoms with Crippen LogP contribution in [0.4, 0.5) is 0 Å². The highest BCUT2D eigenvalue weighted by molar-refractivity contribution is 7.87. The Morgan fingerprint density at radius 1 is 1.50 bits per heavy atom. The molecule has 14 heavy (non-hydrogen) atoms. The van der Waals surface area contributed by atoms with Gasteiger partial charge in [0.2, 0.25) is 0 Å². The van der Waals surface area contributed by atoms with Crippen LogP contribution in [0, 0.1) is 0 Å². The van der Waals surface area contributed by atoms with Crippen molar-refractivity contribution in [2.45, 2.75) is 19.4 Å². The number of aliphatic carboxylic acids is 1. The number of aliphatic hydroxyl groups is 1. The molecule has 0 bridgehead atoms. The van der Waals surface area contributed by atoms with Gasteiger partial charge < -0.3 is 10.2 Å². The number of aliphatic hydroxyl groups excluding tert-OH is 1. The normalized spacial score (nSPS) is 13.9. The van der Waals surface area contributed by atoms with Crippen LogP contribution in [-0.2, 0) is 15.0 Å². The van der Waals surface area contributed by atoms with E-state index in [9.17, 15) is 13.2 Å². The van der Waals surface area contributed by atoms with E-state index < -0.39 is 28.8 Å². The van der Waals surface area contributed by atoms with Gasteiger partial charge >= 0.3 is 5.97 Å². The molecule has 0 spiro atoms. The second-order valence-corrected chi connectivity index (χ2v) is 4.05. The number of carboxylic acids is 1. The number of hydrogen-bond donors (Lipinski definition) is 4. The van der Waals surface area contributed by atoms with Crippen molar-refractivity contribution in [2.75, 3.05) is 13.2 Å². The average molecular weight is 226 g/mol. The Kier molecular flexibility index (Phi) is 5.62. The summed E-state index contributed by atoms with van der Waals surface area (Å²) in [6, 6.07) is -1.30. The molecule has 4 N–H and O–H groups in total. The highest BCUT2D eigenvalue weighted by atomic mass is 32.2. The van der Waals surface area contributed by atoms with E-state index in [1.165, 1.54) is 0 Å². The summed E-state index contributed by atoms with van der Waals surface area (Å²) < 4.78 is 26.1. The fourth-order valence-corrected chi connectivity index (χ4v) is 1.84. The van der Waals surface area contributed by atoms with Gasteiger partial charge in [0, 0.05) is 13.2 Å². The Morgan fingerprint density at radius 3 is 2.43 bits per heavy atom. The van der Waals surface area contributed by atoms with Crippen molar-refractivity contribution < 1.29 is 23.4 Å². The Bertz CT molecular complexity index is 276. The molecule has 0 saturated heterocycles. The van der Waals surface area contributed by atoms with Crippen LogP contribution in [0.2, 0.25) is 0 Å². The van der Waals surface area contributed by atoms with Crippen molar-refractivity contribution in [1.82, 2.24) is 9.44 Å². The molecule has 0 aromatic rings. The summed E-state index contributed by atoms with van der Waals surface area (Å²) >= 11 is 0. The van der Waals surface area contributed by atoms with Gasteiger partial charge in [-0.15, -0.1) is 0 Å². The van der Waals surface area contributed by atoms with E-state index in [4.69, 9.17) is 10.2 Å². The van der Waals surface area contributed by atoms with Crippen molar-refractivity contribution in [2.24, 2.45) is 0 Å². The van der Waals surface area contributed by atoms with Gasteiger partial charge in [-0.2, -0.15) is 13.1 Å². The van der Waals surface area contributed by atoms with Crippen LogP contribution in [0.15, 0.2) is 0 Å². The van der Waals surface area contributed by atoms with Crippen molar-refractivity contribution in [1.29, 1.82) is 0 Å². The van der Waals surface area contributed by atoms with Crippen molar-refractivity contribution in [3.05, 3.63) is 0 Å². The quantitative estimate of drug-likeness (QED) is 0.411. The van der Waals surface area contributed by atoms with E-state index in [2.05, 4.69) is 4.72 Å². The second kappa shape index (κ2) is 5.91. The maximum atomic E-state index is 11.1. The minimum absolute atomic E-state index is 0.167. The van der Waals surface area contributed by atoms with Crippen LogP contribution < -0.4 is 9.44 Å². The molecule has 0 aliphatic rings. The van der Waals surface area contributed by atoms with Gasteiger partial charge in [-0.05, 0) is 6.42 Å². The summed E-state index contributed by atoms with van der Waals surface area (Å²) in [5.74, 6) is -1.32. The minimum atomic E-state index is -3.79. The van der Waals surface area contributed by atoms with Gasteiger partial charge in [0.15, 0.2) is 0 Å². The van der Waals surface area contributed by atoms with Crippen LogP contribution in [0.5, 0.6) is 0 Å². The lowest BCUT2D eigenvalue weighted by molar-refractivity contribution is -0.139. The maximum absolute atomic E-state index is 11.1. The first kappa shape index (κ1) is 13.3. The van der Waals surface area contributed by atoms with E-state index in [0.29, 0.717) is 0 Å². The first-order chi connectivity index (χ1) is 6.43. The van der Waals surface area contributed by atoms with E-state index in [0.717, 1.165) is 0 Å². The predicted octanol–water partition coefficient (Wildman–Crippen LogP) is -1.73. The molecule has 0 heterocycles. The summed E-state index contributed by atoms with van der Waals surface area (Å²) in [7, 11) is -3.79. The second-order valence-electron chi connectivity index (χ2n) is 2.52. The molecule has 0 aliphatic heterocycles. The van der Waals surface area contributed by atoms with E-state index in [1.54, 1.807) is 6.92 Å². The molecule has 0 aromatic heterocycles. The van der Waals surface area contributed by atoms with Gasteiger partial charge in [-0.1, -0.05) is 6.92 Å². The zero-order valence-electron chi connectivity index (χ0n) is 7.73. The van der Waals surface area contributed by atoms with Crippen LogP contribution >= 0.6 is 0 Å². The Morgan fingerprint density at radius 2 is 2.07 bits per heavy atom. The molecule has 0 rings (SSSR count). The van der Waals surface area contributed by atoms with Gasteiger partial charge in [0.25, 0.3) is 10.2 Å². The number of carboxylic acid groups (broad SMARTS) is 1. The molecule has 84 valence electrons. The third kappa shape index (κ3) is 5.12. The highest BCUT2D eigenvalue weighted by Crippen LogP contribution is 1.93. The molecule has 0 unspecified atom stereocenters. The molecule has 0 aliphatic carbocycles. The monoisotopic (exact) mass is 226 g/mol. The molecular weight excluding hydrogens is 212 g/mol. The van der Waals surface area contributed by atoms with Crippen LogP contribution in [-0.4, -0.2) is 43.8 Å². The van der Waals surface area contributed by atoms with Crippen molar-refractivity contribution >= 4 is 16.2 Å². The Balaban J connectivity index is 4.36. The first-order valence-corrected chi connectivity index (χ1v) is 5.51. The summed E-state index contributed by atoms with van der Waals surface area (Å²) in [4.78, 5) is 10.5. The molecule has 0 saturated carbocycles. The van der Waals surface area contributed by atoms with Gasteiger partial charge in [-0.25, -0.2) is 4.72 Å². The number of rotatable bonds is 7. The topological polar surface area (TPSA) is 116 Å². The van der Waals surface area contributed by atoms with E-state index >= 15 is 0 Å². The zero-order valence-corrected chi connectivity index (χ0v) is 8.54. The molecule has 1 atom stereocenters. The summed E-state index contributed by atoms with van der Waals surface area (Å²) in [6.07, 6.45) is -0.167. The third-order valence-electron chi connectivity index (χ3n) is 1.35. The number of carbonyl (C=O) groups is 1. The predicted molar refractivity (Wildman–Crippen MR) is 48.9 cm³/mol. The summed E-state index contributed by atoms with van der Waals surface area (Å²) in [6.45, 7) is 1.34. The molecule has 8 heteroatoms. The molecule has 0 amide bonds. The third-order valence-corrected chi connectivity index (χ3v) is 2.61. The van der Waals surface area contributed by atoms with Crippen molar-refractivity contribution in [3.8, 4) is 0 Å². The lowest BCUT2D eigenvalue weighted by Gasteiger charge is -2.13. The molecule has 7 nitrogen and oxygen atoms in total. The number of hydrogen-bond acceptors (Lipinski definition) is 4. The molecule has 0 aromatic carbocycles.